The maximum Gasteiger partial charge on any atom is 0.222 e. The van der Waals surface area contributed by atoms with E-state index in [-0.39, 0.29) is 0 Å². The quantitative estimate of drug-likeness (QED) is 0.790. The molecular formula is C15H28N2O. The lowest BCUT2D eigenvalue weighted by atomic mass is 9.85. The summed E-state index contributed by atoms with van der Waals surface area (Å²) in [6, 6.07) is 0.507. The zero-order valence-corrected chi connectivity index (χ0v) is 11.6. The van der Waals surface area contributed by atoms with Crippen molar-refractivity contribution < 1.29 is 4.79 Å². The molecule has 104 valence electrons. The molecule has 2 aliphatic carbocycles. The molecule has 3 nitrogen and oxygen atoms in total. The van der Waals surface area contributed by atoms with Crippen LogP contribution in [-0.4, -0.2) is 29.9 Å². The number of hydrogen-bond donors (Lipinski definition) is 1. The third-order valence-electron chi connectivity index (χ3n) is 4.70. The van der Waals surface area contributed by atoms with Gasteiger partial charge in [0.2, 0.25) is 5.91 Å². The Balaban J connectivity index is 1.73. The topological polar surface area (TPSA) is 46.3 Å². The van der Waals surface area contributed by atoms with Gasteiger partial charge in [-0.2, -0.15) is 0 Å². The Morgan fingerprint density at radius 1 is 1.06 bits per heavy atom. The molecule has 1 amide bonds. The van der Waals surface area contributed by atoms with Crippen molar-refractivity contribution in [3.63, 3.8) is 0 Å². The van der Waals surface area contributed by atoms with Crippen molar-refractivity contribution in [1.29, 1.82) is 0 Å². The first-order valence-corrected chi connectivity index (χ1v) is 7.81. The average Bonchev–Trinajstić information content (AvgIpc) is 2.34. The Hall–Kier alpha value is -0.570. The highest BCUT2D eigenvalue weighted by Gasteiger charge is 2.28. The van der Waals surface area contributed by atoms with Crippen LogP contribution in [0.5, 0.6) is 0 Å². The van der Waals surface area contributed by atoms with Crippen LogP contribution in [0.2, 0.25) is 0 Å². The second-order valence-electron chi connectivity index (χ2n) is 6.00. The fourth-order valence-electron chi connectivity index (χ4n) is 3.30. The highest BCUT2D eigenvalue weighted by Crippen LogP contribution is 2.29. The van der Waals surface area contributed by atoms with E-state index in [4.69, 9.17) is 5.73 Å². The van der Waals surface area contributed by atoms with E-state index in [1.54, 1.807) is 0 Å². The van der Waals surface area contributed by atoms with Crippen molar-refractivity contribution in [3.8, 4) is 0 Å². The minimum absolute atomic E-state index is 0.357. The largest absolute Gasteiger partial charge is 0.338 e. The van der Waals surface area contributed by atoms with Gasteiger partial charge in [-0.15, -0.1) is 0 Å². The highest BCUT2D eigenvalue weighted by atomic mass is 16.2. The molecule has 0 aromatic rings. The number of carbonyl (C=O) groups is 1. The average molecular weight is 252 g/mol. The molecule has 0 aliphatic heterocycles. The van der Waals surface area contributed by atoms with Gasteiger partial charge in [0.25, 0.3) is 0 Å². The predicted octanol–water partition coefficient (Wildman–Crippen LogP) is 2.69. The van der Waals surface area contributed by atoms with Gasteiger partial charge in [-0.25, -0.2) is 0 Å². The molecule has 2 N–H and O–H groups in total. The number of rotatable bonds is 6. The van der Waals surface area contributed by atoms with Gasteiger partial charge < -0.3 is 10.6 Å². The van der Waals surface area contributed by atoms with Crippen molar-refractivity contribution in [1.82, 2.24) is 4.90 Å². The van der Waals surface area contributed by atoms with Crippen LogP contribution >= 0.6 is 0 Å². The van der Waals surface area contributed by atoms with Gasteiger partial charge in [0, 0.05) is 25.6 Å². The van der Waals surface area contributed by atoms with Gasteiger partial charge in [0.15, 0.2) is 0 Å². The molecule has 3 heteroatoms. The van der Waals surface area contributed by atoms with E-state index in [9.17, 15) is 4.79 Å². The molecule has 18 heavy (non-hydrogen) atoms. The summed E-state index contributed by atoms with van der Waals surface area (Å²) >= 11 is 0. The zero-order valence-electron chi connectivity index (χ0n) is 11.6. The first-order valence-electron chi connectivity index (χ1n) is 7.81. The summed E-state index contributed by atoms with van der Waals surface area (Å²) in [5.74, 6) is 1.17. The lowest BCUT2D eigenvalue weighted by Crippen LogP contribution is -2.46. The standard InChI is InChI=1S/C15H28N2O/c16-11-12-17(14-7-4-8-14)15(18)10-9-13-5-2-1-3-6-13/h13-14H,1-12,16H2. The summed E-state index contributed by atoms with van der Waals surface area (Å²) in [7, 11) is 0. The molecule has 0 radical (unpaired) electrons. The number of hydrogen-bond acceptors (Lipinski definition) is 2. The Kier molecular flexibility index (Phi) is 5.48. The van der Waals surface area contributed by atoms with Gasteiger partial charge in [0.05, 0.1) is 0 Å². The van der Waals surface area contributed by atoms with E-state index in [0.29, 0.717) is 18.5 Å². The van der Waals surface area contributed by atoms with E-state index in [1.165, 1.54) is 51.4 Å². The van der Waals surface area contributed by atoms with Crippen molar-refractivity contribution >= 4 is 5.91 Å². The molecule has 2 rings (SSSR count). The van der Waals surface area contributed by atoms with Crippen molar-refractivity contribution in [3.05, 3.63) is 0 Å². The SMILES string of the molecule is NCCN(C(=O)CCC1CCCCC1)C1CCC1. The first-order chi connectivity index (χ1) is 8.81. The molecular weight excluding hydrogens is 224 g/mol. The summed E-state index contributed by atoms with van der Waals surface area (Å²) < 4.78 is 0. The minimum Gasteiger partial charge on any atom is -0.338 e. The van der Waals surface area contributed by atoms with Crippen LogP contribution in [0.4, 0.5) is 0 Å². The minimum atomic E-state index is 0.357. The van der Waals surface area contributed by atoms with Crippen LogP contribution in [0.15, 0.2) is 0 Å². The van der Waals surface area contributed by atoms with Crippen molar-refractivity contribution in [2.24, 2.45) is 11.7 Å². The zero-order chi connectivity index (χ0) is 12.8. The summed E-state index contributed by atoms with van der Waals surface area (Å²) in [5.41, 5.74) is 5.63. The van der Waals surface area contributed by atoms with Gasteiger partial charge in [-0.3, -0.25) is 4.79 Å². The summed E-state index contributed by atoms with van der Waals surface area (Å²) in [5, 5.41) is 0. The molecule has 0 bridgehead atoms. The van der Waals surface area contributed by atoms with Gasteiger partial charge in [0.1, 0.15) is 0 Å². The lowest BCUT2D eigenvalue weighted by Gasteiger charge is -2.37. The lowest BCUT2D eigenvalue weighted by molar-refractivity contribution is -0.135. The number of carbonyl (C=O) groups excluding carboxylic acids is 1. The molecule has 0 saturated heterocycles. The first kappa shape index (κ1) is 13.9. The monoisotopic (exact) mass is 252 g/mol. The van der Waals surface area contributed by atoms with Crippen LogP contribution < -0.4 is 5.73 Å². The molecule has 2 saturated carbocycles. The Labute approximate surface area is 111 Å². The third kappa shape index (κ3) is 3.71. The summed E-state index contributed by atoms with van der Waals surface area (Å²) in [6.45, 7) is 1.36. The molecule has 2 aliphatic rings. The number of nitrogens with two attached hydrogens (primary N) is 1. The molecule has 0 aromatic carbocycles. The number of nitrogens with zero attached hydrogens (tertiary/aromatic N) is 1. The van der Waals surface area contributed by atoms with E-state index in [1.807, 2.05) is 0 Å². The van der Waals surface area contributed by atoms with Crippen LogP contribution in [0.3, 0.4) is 0 Å². The van der Waals surface area contributed by atoms with Crippen molar-refractivity contribution in [2.75, 3.05) is 13.1 Å². The van der Waals surface area contributed by atoms with Crippen LogP contribution in [0.1, 0.15) is 64.2 Å². The normalized spacial score (nSPS) is 21.6. The maximum atomic E-state index is 12.3. The summed E-state index contributed by atoms with van der Waals surface area (Å²) in [4.78, 5) is 14.3. The second-order valence-corrected chi connectivity index (χ2v) is 6.00. The fourth-order valence-corrected chi connectivity index (χ4v) is 3.30. The van der Waals surface area contributed by atoms with Gasteiger partial charge in [-0.1, -0.05) is 32.1 Å². The predicted molar refractivity (Wildman–Crippen MR) is 74.2 cm³/mol. The van der Waals surface area contributed by atoms with E-state index in [0.717, 1.165) is 25.3 Å². The van der Waals surface area contributed by atoms with E-state index in [2.05, 4.69) is 4.90 Å². The smallest absolute Gasteiger partial charge is 0.222 e. The Morgan fingerprint density at radius 3 is 2.33 bits per heavy atom. The summed E-state index contributed by atoms with van der Waals surface area (Å²) in [6.07, 6.45) is 12.3. The van der Waals surface area contributed by atoms with Crippen LogP contribution in [0.25, 0.3) is 0 Å². The highest BCUT2D eigenvalue weighted by molar-refractivity contribution is 5.76. The third-order valence-corrected chi connectivity index (χ3v) is 4.70. The Bertz CT molecular complexity index is 257. The maximum absolute atomic E-state index is 12.3. The number of amides is 1. The van der Waals surface area contributed by atoms with E-state index >= 15 is 0 Å². The molecule has 0 aromatic heterocycles. The van der Waals surface area contributed by atoms with Crippen LogP contribution in [-0.2, 0) is 4.79 Å². The van der Waals surface area contributed by atoms with Crippen molar-refractivity contribution in [2.45, 2.75) is 70.3 Å². The molecule has 0 spiro atoms. The fraction of sp³-hybridized carbons (Fsp3) is 0.933. The second kappa shape index (κ2) is 7.13. The van der Waals surface area contributed by atoms with Gasteiger partial charge >= 0.3 is 0 Å². The Morgan fingerprint density at radius 2 is 1.78 bits per heavy atom. The van der Waals surface area contributed by atoms with Gasteiger partial charge in [-0.05, 0) is 31.6 Å². The van der Waals surface area contributed by atoms with Crippen LogP contribution in [0, 0.1) is 5.92 Å². The van der Waals surface area contributed by atoms with E-state index < -0.39 is 0 Å². The molecule has 0 unspecified atom stereocenters. The molecule has 0 atom stereocenters. The molecule has 2 fully saturated rings. The molecule has 0 heterocycles.